The molecule has 3 heterocycles. The van der Waals surface area contributed by atoms with Gasteiger partial charge in [-0.05, 0) is 61.0 Å². The van der Waals surface area contributed by atoms with E-state index in [1.165, 1.54) is 36.4 Å². The molecule has 0 saturated carbocycles. The Hall–Kier alpha value is -3.69. The molecule has 2 aromatic heterocycles. The summed E-state index contributed by atoms with van der Waals surface area (Å²) in [5.74, 6) is -0.226. The molecule has 0 radical (unpaired) electrons. The van der Waals surface area contributed by atoms with E-state index in [1.54, 1.807) is 30.7 Å². The van der Waals surface area contributed by atoms with Gasteiger partial charge < -0.3 is 14.0 Å². The van der Waals surface area contributed by atoms with Crippen molar-refractivity contribution in [1.82, 2.24) is 24.4 Å². The Morgan fingerprint density at radius 2 is 1.57 bits per heavy atom. The summed E-state index contributed by atoms with van der Waals surface area (Å²) >= 11 is 0. The Morgan fingerprint density at radius 1 is 0.857 bits per heavy atom. The van der Waals surface area contributed by atoms with Crippen LogP contribution in [0, 0.1) is 11.6 Å². The number of hydrogen-bond donors (Lipinski definition) is 0. The van der Waals surface area contributed by atoms with Crippen LogP contribution >= 0.6 is 0 Å². The zero-order chi connectivity index (χ0) is 24.0. The number of aromatic nitrogens is 4. The number of benzene rings is 2. The summed E-state index contributed by atoms with van der Waals surface area (Å²) in [7, 11) is 0. The third kappa shape index (κ3) is 5.70. The number of nitrogens with zero attached hydrogens (tertiary/aromatic N) is 5. The van der Waals surface area contributed by atoms with Crippen molar-refractivity contribution in [3.05, 3.63) is 78.8 Å². The summed E-state index contributed by atoms with van der Waals surface area (Å²) in [5, 5.41) is 0. The van der Waals surface area contributed by atoms with Crippen LogP contribution in [0.2, 0.25) is 0 Å². The molecular weight excluding hydrogens is 452 g/mol. The number of morpholine rings is 1. The Labute approximate surface area is 202 Å². The van der Waals surface area contributed by atoms with E-state index in [0.29, 0.717) is 17.1 Å². The SMILES string of the molecule is Fc1ccc(Oc2nccc(-c3c(-c4ccc(F)cc4)ncn3CCCN3CCOCC3)n2)cc1. The normalized spacial score (nSPS) is 14.2. The molecule has 0 aliphatic carbocycles. The molecule has 2 aromatic carbocycles. The molecule has 4 aromatic rings. The zero-order valence-corrected chi connectivity index (χ0v) is 19.1. The van der Waals surface area contributed by atoms with E-state index < -0.39 is 0 Å². The summed E-state index contributed by atoms with van der Waals surface area (Å²) in [5.41, 5.74) is 2.90. The average molecular weight is 478 g/mol. The molecular formula is C26H25F2N5O2. The van der Waals surface area contributed by atoms with Crippen molar-refractivity contribution in [1.29, 1.82) is 0 Å². The second-order valence-corrected chi connectivity index (χ2v) is 8.23. The van der Waals surface area contributed by atoms with E-state index in [-0.39, 0.29) is 17.6 Å². The van der Waals surface area contributed by atoms with Gasteiger partial charge in [-0.3, -0.25) is 4.90 Å². The molecule has 1 fully saturated rings. The molecule has 0 unspecified atom stereocenters. The van der Waals surface area contributed by atoms with Crippen LogP contribution in [0.15, 0.2) is 67.1 Å². The molecule has 9 heteroatoms. The van der Waals surface area contributed by atoms with Gasteiger partial charge in [-0.15, -0.1) is 0 Å². The predicted octanol–water partition coefficient (Wildman–Crippen LogP) is 4.80. The molecule has 180 valence electrons. The zero-order valence-electron chi connectivity index (χ0n) is 19.1. The molecule has 7 nitrogen and oxygen atoms in total. The minimum atomic E-state index is -0.350. The van der Waals surface area contributed by atoms with Crippen LogP contribution in [0.25, 0.3) is 22.6 Å². The van der Waals surface area contributed by atoms with Gasteiger partial charge in [0.2, 0.25) is 0 Å². The molecule has 1 aliphatic heterocycles. The maximum atomic E-state index is 13.6. The van der Waals surface area contributed by atoms with Crippen molar-refractivity contribution in [2.45, 2.75) is 13.0 Å². The quantitative estimate of drug-likeness (QED) is 0.363. The number of hydrogen-bond acceptors (Lipinski definition) is 6. The third-order valence-electron chi connectivity index (χ3n) is 5.83. The van der Waals surface area contributed by atoms with E-state index in [9.17, 15) is 8.78 Å². The van der Waals surface area contributed by atoms with Gasteiger partial charge in [0.15, 0.2) is 0 Å². The highest BCUT2D eigenvalue weighted by Crippen LogP contribution is 2.31. The summed E-state index contributed by atoms with van der Waals surface area (Å²) in [4.78, 5) is 15.8. The molecule has 0 bridgehead atoms. The fourth-order valence-electron chi connectivity index (χ4n) is 4.06. The fourth-order valence-corrected chi connectivity index (χ4v) is 4.06. The predicted molar refractivity (Wildman–Crippen MR) is 127 cm³/mol. The first-order chi connectivity index (χ1) is 17.2. The van der Waals surface area contributed by atoms with Crippen LogP contribution in [0.3, 0.4) is 0 Å². The topological polar surface area (TPSA) is 65.3 Å². The largest absolute Gasteiger partial charge is 0.424 e. The highest BCUT2D eigenvalue weighted by Gasteiger charge is 2.18. The first-order valence-corrected chi connectivity index (χ1v) is 11.5. The molecule has 35 heavy (non-hydrogen) atoms. The molecule has 1 aliphatic rings. The Balaban J connectivity index is 1.43. The van der Waals surface area contributed by atoms with Crippen molar-refractivity contribution >= 4 is 0 Å². The first kappa shape index (κ1) is 23.1. The number of rotatable bonds is 8. The monoisotopic (exact) mass is 477 g/mol. The first-order valence-electron chi connectivity index (χ1n) is 11.5. The standard InChI is InChI=1S/C26H25F2N5O2/c27-20-4-2-19(3-5-20)24-25(33(18-30-24)13-1-12-32-14-16-34-17-15-32)23-10-11-29-26(31-23)35-22-8-6-21(28)7-9-22/h2-11,18H,1,12-17H2. The van der Waals surface area contributed by atoms with Gasteiger partial charge in [0.1, 0.15) is 17.4 Å². The van der Waals surface area contributed by atoms with Gasteiger partial charge >= 0.3 is 6.01 Å². The van der Waals surface area contributed by atoms with Crippen molar-refractivity contribution in [2.75, 3.05) is 32.8 Å². The third-order valence-corrected chi connectivity index (χ3v) is 5.83. The number of aryl methyl sites for hydroxylation is 1. The van der Waals surface area contributed by atoms with Crippen LogP contribution in [0.1, 0.15) is 6.42 Å². The van der Waals surface area contributed by atoms with Crippen LogP contribution in [-0.4, -0.2) is 57.3 Å². The van der Waals surface area contributed by atoms with Gasteiger partial charge in [-0.2, -0.15) is 4.98 Å². The molecule has 0 spiro atoms. The van der Waals surface area contributed by atoms with Crippen molar-refractivity contribution < 1.29 is 18.3 Å². The van der Waals surface area contributed by atoms with Crippen LogP contribution < -0.4 is 4.74 Å². The van der Waals surface area contributed by atoms with Gasteiger partial charge in [-0.1, -0.05) is 0 Å². The van der Waals surface area contributed by atoms with Gasteiger partial charge in [0.05, 0.1) is 36.6 Å². The Morgan fingerprint density at radius 3 is 2.31 bits per heavy atom. The van der Waals surface area contributed by atoms with E-state index in [0.717, 1.165) is 57.1 Å². The van der Waals surface area contributed by atoms with E-state index in [4.69, 9.17) is 9.47 Å². The van der Waals surface area contributed by atoms with Crippen LogP contribution in [-0.2, 0) is 11.3 Å². The number of halogens is 2. The molecule has 0 amide bonds. The lowest BCUT2D eigenvalue weighted by atomic mass is 10.1. The highest BCUT2D eigenvalue weighted by atomic mass is 19.1. The summed E-state index contributed by atoms with van der Waals surface area (Å²) in [6.07, 6.45) is 4.33. The number of ether oxygens (including phenoxy) is 2. The molecule has 1 saturated heterocycles. The summed E-state index contributed by atoms with van der Waals surface area (Å²) < 4.78 is 40.0. The van der Waals surface area contributed by atoms with Crippen molar-refractivity contribution in [3.63, 3.8) is 0 Å². The molecule has 0 N–H and O–H groups in total. The lowest BCUT2D eigenvalue weighted by Crippen LogP contribution is -2.37. The molecule has 0 atom stereocenters. The fraction of sp³-hybridized carbons (Fsp3) is 0.269. The minimum Gasteiger partial charge on any atom is -0.424 e. The van der Waals surface area contributed by atoms with Crippen molar-refractivity contribution in [2.24, 2.45) is 0 Å². The Bertz CT molecular complexity index is 1260. The minimum absolute atomic E-state index is 0.139. The second kappa shape index (κ2) is 10.7. The maximum absolute atomic E-state index is 13.6. The average Bonchev–Trinajstić information content (AvgIpc) is 3.31. The van der Waals surface area contributed by atoms with Gasteiger partial charge in [0, 0.05) is 37.9 Å². The lowest BCUT2D eigenvalue weighted by molar-refractivity contribution is 0.0369. The highest BCUT2D eigenvalue weighted by molar-refractivity contribution is 5.76. The van der Waals surface area contributed by atoms with Crippen molar-refractivity contribution in [3.8, 4) is 34.4 Å². The van der Waals surface area contributed by atoms with Gasteiger partial charge in [-0.25, -0.2) is 18.7 Å². The van der Waals surface area contributed by atoms with E-state index in [2.05, 4.69) is 24.4 Å². The maximum Gasteiger partial charge on any atom is 0.322 e. The van der Waals surface area contributed by atoms with Crippen LogP contribution in [0.4, 0.5) is 8.78 Å². The van der Waals surface area contributed by atoms with Crippen LogP contribution in [0.5, 0.6) is 11.8 Å². The Kier molecular flexibility index (Phi) is 7.06. The summed E-state index contributed by atoms with van der Waals surface area (Å²) in [6.45, 7) is 5.10. The van der Waals surface area contributed by atoms with E-state index >= 15 is 0 Å². The summed E-state index contributed by atoms with van der Waals surface area (Å²) in [6, 6.07) is 13.8. The smallest absolute Gasteiger partial charge is 0.322 e. The second-order valence-electron chi connectivity index (χ2n) is 8.23. The lowest BCUT2D eigenvalue weighted by Gasteiger charge is -2.26. The van der Waals surface area contributed by atoms with Gasteiger partial charge in [0.25, 0.3) is 0 Å². The number of imidazole rings is 1. The molecule has 5 rings (SSSR count). The van der Waals surface area contributed by atoms with E-state index in [1.807, 2.05) is 0 Å².